The van der Waals surface area contributed by atoms with Crippen LogP contribution in [0.15, 0.2) is 28.2 Å². The van der Waals surface area contributed by atoms with E-state index in [0.29, 0.717) is 6.04 Å². The molecule has 0 aromatic carbocycles. The van der Waals surface area contributed by atoms with Crippen LogP contribution in [-0.2, 0) is 0 Å². The average Bonchev–Trinajstić information content (AvgIpc) is 2.87. The normalized spacial score (nSPS) is 19.9. The van der Waals surface area contributed by atoms with Crippen molar-refractivity contribution in [2.24, 2.45) is 0 Å². The van der Waals surface area contributed by atoms with E-state index in [4.69, 9.17) is 4.98 Å². The van der Waals surface area contributed by atoms with Gasteiger partial charge in [-0.05, 0) is 53.5 Å². The van der Waals surface area contributed by atoms with Crippen molar-refractivity contribution in [2.45, 2.75) is 25.3 Å². The molecule has 18 heavy (non-hydrogen) atoms. The van der Waals surface area contributed by atoms with E-state index in [1.165, 1.54) is 17.7 Å². The summed E-state index contributed by atoms with van der Waals surface area (Å²) in [4.78, 5) is 10.3. The highest BCUT2D eigenvalue weighted by molar-refractivity contribution is 9.11. The Morgan fingerprint density at radius 2 is 2.22 bits per heavy atom. The Morgan fingerprint density at radius 1 is 1.28 bits per heavy atom. The molecule has 3 nitrogen and oxygen atoms in total. The summed E-state index contributed by atoms with van der Waals surface area (Å²) in [6.07, 6.45) is 5.52. The maximum atomic E-state index is 4.70. The first-order valence-corrected chi connectivity index (χ1v) is 7.76. The molecule has 0 aliphatic carbocycles. The molecule has 0 spiro atoms. The van der Waals surface area contributed by atoms with Gasteiger partial charge < -0.3 is 5.32 Å². The highest BCUT2D eigenvalue weighted by atomic mass is 79.9. The first-order valence-electron chi connectivity index (χ1n) is 6.15. The molecule has 0 radical (unpaired) electrons. The fourth-order valence-corrected chi connectivity index (χ4v) is 3.56. The molecule has 0 saturated carbocycles. The minimum Gasteiger partial charge on any atom is -0.307 e. The summed E-state index contributed by atoms with van der Waals surface area (Å²) in [6, 6.07) is 6.45. The first kappa shape index (κ1) is 12.3. The molecule has 1 aliphatic heterocycles. The lowest BCUT2D eigenvalue weighted by atomic mass is 10.0. The van der Waals surface area contributed by atoms with Crippen molar-refractivity contribution in [1.82, 2.24) is 15.3 Å². The van der Waals surface area contributed by atoms with Crippen LogP contribution in [0.5, 0.6) is 0 Å². The molecule has 94 valence electrons. The van der Waals surface area contributed by atoms with Crippen LogP contribution in [0.1, 0.15) is 31.1 Å². The van der Waals surface area contributed by atoms with Crippen molar-refractivity contribution < 1.29 is 0 Å². The van der Waals surface area contributed by atoms with Gasteiger partial charge in [-0.1, -0.05) is 6.42 Å². The monoisotopic (exact) mass is 323 g/mol. The Kier molecular flexibility index (Phi) is 3.72. The summed E-state index contributed by atoms with van der Waals surface area (Å²) in [5.41, 5.74) is 1.02. The van der Waals surface area contributed by atoms with E-state index in [1.54, 1.807) is 11.3 Å². The van der Waals surface area contributed by atoms with Gasteiger partial charge in [0.2, 0.25) is 0 Å². The van der Waals surface area contributed by atoms with E-state index in [-0.39, 0.29) is 0 Å². The van der Waals surface area contributed by atoms with E-state index in [2.05, 4.69) is 38.4 Å². The molecule has 3 heterocycles. The third-order valence-corrected chi connectivity index (χ3v) is 4.77. The third-order valence-electron chi connectivity index (χ3n) is 3.12. The van der Waals surface area contributed by atoms with Gasteiger partial charge in [-0.2, -0.15) is 0 Å². The van der Waals surface area contributed by atoms with Crippen molar-refractivity contribution in [3.8, 4) is 10.6 Å². The molecule has 1 fully saturated rings. The van der Waals surface area contributed by atoms with Crippen LogP contribution < -0.4 is 5.32 Å². The van der Waals surface area contributed by atoms with E-state index < -0.39 is 0 Å². The topological polar surface area (TPSA) is 37.8 Å². The Labute approximate surface area is 119 Å². The molecule has 1 saturated heterocycles. The molecule has 0 amide bonds. The van der Waals surface area contributed by atoms with E-state index in [9.17, 15) is 0 Å². The van der Waals surface area contributed by atoms with Crippen LogP contribution in [0.4, 0.5) is 0 Å². The molecule has 2 aromatic rings. The summed E-state index contributed by atoms with van der Waals surface area (Å²) in [5, 5.41) is 3.49. The number of halogens is 1. The number of thiophene rings is 1. The van der Waals surface area contributed by atoms with Crippen LogP contribution in [0.2, 0.25) is 0 Å². The summed E-state index contributed by atoms with van der Waals surface area (Å²) >= 11 is 5.19. The second-order valence-corrected chi connectivity index (χ2v) is 6.87. The SMILES string of the molecule is Brc1ccc(-c2ccnc(C3CCCCN3)n2)s1. The van der Waals surface area contributed by atoms with Gasteiger partial charge >= 0.3 is 0 Å². The lowest BCUT2D eigenvalue weighted by Gasteiger charge is -2.22. The number of piperidine rings is 1. The molecule has 2 aromatic heterocycles. The van der Waals surface area contributed by atoms with E-state index in [1.807, 2.05) is 12.3 Å². The first-order chi connectivity index (χ1) is 8.83. The van der Waals surface area contributed by atoms with Crippen LogP contribution in [-0.4, -0.2) is 16.5 Å². The van der Waals surface area contributed by atoms with Gasteiger partial charge in [0.25, 0.3) is 0 Å². The average molecular weight is 324 g/mol. The maximum Gasteiger partial charge on any atom is 0.145 e. The number of nitrogens with one attached hydrogen (secondary N) is 1. The van der Waals surface area contributed by atoms with Gasteiger partial charge in [0.05, 0.1) is 20.4 Å². The van der Waals surface area contributed by atoms with Crippen LogP contribution in [0.25, 0.3) is 10.6 Å². The lowest BCUT2D eigenvalue weighted by Crippen LogP contribution is -2.28. The zero-order valence-corrected chi connectivity index (χ0v) is 12.3. The summed E-state index contributed by atoms with van der Waals surface area (Å²) in [7, 11) is 0. The molecular weight excluding hydrogens is 310 g/mol. The Hall–Kier alpha value is -0.780. The minimum absolute atomic E-state index is 0.321. The van der Waals surface area contributed by atoms with Crippen molar-refractivity contribution >= 4 is 27.3 Å². The third kappa shape index (κ3) is 2.63. The molecular formula is C13H14BrN3S. The van der Waals surface area contributed by atoms with Gasteiger partial charge in [-0.3, -0.25) is 0 Å². The summed E-state index contributed by atoms with van der Waals surface area (Å²) in [5.74, 6) is 0.928. The van der Waals surface area contributed by atoms with Crippen LogP contribution in [0, 0.1) is 0 Å². The Balaban J connectivity index is 1.88. The van der Waals surface area contributed by atoms with Gasteiger partial charge in [0.1, 0.15) is 5.82 Å². The second kappa shape index (κ2) is 5.47. The molecule has 5 heteroatoms. The lowest BCUT2D eigenvalue weighted by molar-refractivity contribution is 0.397. The van der Waals surface area contributed by atoms with Gasteiger partial charge in [-0.15, -0.1) is 11.3 Å². The quantitative estimate of drug-likeness (QED) is 0.913. The Morgan fingerprint density at radius 3 is 2.94 bits per heavy atom. The zero-order valence-electron chi connectivity index (χ0n) is 9.90. The smallest absolute Gasteiger partial charge is 0.145 e. The molecule has 1 unspecified atom stereocenters. The number of nitrogens with zero attached hydrogens (tertiary/aromatic N) is 2. The van der Waals surface area contributed by atoms with Crippen molar-refractivity contribution in [2.75, 3.05) is 6.54 Å². The van der Waals surface area contributed by atoms with Crippen molar-refractivity contribution in [1.29, 1.82) is 0 Å². The molecule has 1 N–H and O–H groups in total. The standard InChI is InChI=1S/C13H14BrN3S/c14-12-5-4-11(18-12)9-6-8-16-13(17-9)10-3-1-2-7-15-10/h4-6,8,10,15H,1-3,7H2. The fraction of sp³-hybridized carbons (Fsp3) is 0.385. The number of aromatic nitrogens is 2. The molecule has 1 atom stereocenters. The fourth-order valence-electron chi connectivity index (χ4n) is 2.20. The van der Waals surface area contributed by atoms with E-state index >= 15 is 0 Å². The minimum atomic E-state index is 0.321. The van der Waals surface area contributed by atoms with Crippen molar-refractivity contribution in [3.05, 3.63) is 34.0 Å². The molecule has 3 rings (SSSR count). The summed E-state index contributed by atoms with van der Waals surface area (Å²) in [6.45, 7) is 1.07. The highest BCUT2D eigenvalue weighted by Crippen LogP contribution is 2.30. The molecule has 1 aliphatic rings. The second-order valence-electron chi connectivity index (χ2n) is 4.41. The van der Waals surface area contributed by atoms with Gasteiger partial charge in [-0.25, -0.2) is 9.97 Å². The Bertz CT molecular complexity index is 535. The van der Waals surface area contributed by atoms with Gasteiger partial charge in [0, 0.05) is 6.20 Å². The predicted molar refractivity (Wildman–Crippen MR) is 77.6 cm³/mol. The predicted octanol–water partition coefficient (Wildman–Crippen LogP) is 3.78. The van der Waals surface area contributed by atoms with E-state index in [0.717, 1.165) is 28.3 Å². The number of rotatable bonds is 2. The zero-order chi connectivity index (χ0) is 12.4. The number of hydrogen-bond donors (Lipinski definition) is 1. The largest absolute Gasteiger partial charge is 0.307 e. The summed E-state index contributed by atoms with van der Waals surface area (Å²) < 4.78 is 1.13. The van der Waals surface area contributed by atoms with Gasteiger partial charge in [0.15, 0.2) is 0 Å². The number of hydrogen-bond acceptors (Lipinski definition) is 4. The molecule has 0 bridgehead atoms. The maximum absolute atomic E-state index is 4.70. The highest BCUT2D eigenvalue weighted by Gasteiger charge is 2.17. The van der Waals surface area contributed by atoms with Crippen molar-refractivity contribution in [3.63, 3.8) is 0 Å². The van der Waals surface area contributed by atoms with Crippen LogP contribution >= 0.6 is 27.3 Å². The van der Waals surface area contributed by atoms with Crippen LogP contribution in [0.3, 0.4) is 0 Å².